The summed E-state index contributed by atoms with van der Waals surface area (Å²) < 4.78 is 0. The van der Waals surface area contributed by atoms with E-state index in [1.807, 2.05) is 44.2 Å². The summed E-state index contributed by atoms with van der Waals surface area (Å²) >= 11 is 0. The number of hydrogen-bond donors (Lipinski definition) is 3. The Morgan fingerprint density at radius 2 is 2.00 bits per heavy atom. The smallest absolute Gasteiger partial charge is 0.260 e. The maximum absolute atomic E-state index is 12.4. The van der Waals surface area contributed by atoms with Gasteiger partial charge in [0.25, 0.3) is 5.91 Å². The van der Waals surface area contributed by atoms with Crippen LogP contribution in [0.2, 0.25) is 0 Å². The number of carbonyl (C=O) groups is 1. The SMILES string of the molecule is CCc1ccc(NC(=O)/C(C=N)=C2\N=C(C)C=C(C)N2)cc1. The van der Waals surface area contributed by atoms with Gasteiger partial charge in [-0.05, 0) is 44.0 Å². The van der Waals surface area contributed by atoms with E-state index in [9.17, 15) is 4.79 Å². The molecular weight excluding hydrogens is 276 g/mol. The van der Waals surface area contributed by atoms with E-state index in [0.29, 0.717) is 11.5 Å². The third-order valence-electron chi connectivity index (χ3n) is 3.29. The van der Waals surface area contributed by atoms with E-state index in [-0.39, 0.29) is 11.5 Å². The minimum Gasteiger partial charge on any atom is -0.343 e. The number of hydrogen-bond acceptors (Lipinski definition) is 4. The molecule has 0 aliphatic carbocycles. The van der Waals surface area contributed by atoms with Crippen molar-refractivity contribution in [3.05, 3.63) is 53.0 Å². The second-order valence-electron chi connectivity index (χ2n) is 5.12. The van der Waals surface area contributed by atoms with Crippen molar-refractivity contribution >= 4 is 23.5 Å². The van der Waals surface area contributed by atoms with Gasteiger partial charge in [-0.2, -0.15) is 0 Å². The average molecular weight is 296 g/mol. The van der Waals surface area contributed by atoms with Crippen molar-refractivity contribution in [1.29, 1.82) is 5.41 Å². The Labute approximate surface area is 130 Å². The molecule has 0 saturated heterocycles. The van der Waals surface area contributed by atoms with Crippen molar-refractivity contribution in [2.75, 3.05) is 5.32 Å². The number of nitrogens with zero attached hydrogens (tertiary/aromatic N) is 1. The second-order valence-corrected chi connectivity index (χ2v) is 5.12. The average Bonchev–Trinajstić information content (AvgIpc) is 2.47. The highest BCUT2D eigenvalue weighted by atomic mass is 16.1. The molecule has 0 bridgehead atoms. The summed E-state index contributed by atoms with van der Waals surface area (Å²) in [7, 11) is 0. The quantitative estimate of drug-likeness (QED) is 0.590. The van der Waals surface area contributed by atoms with Gasteiger partial charge >= 0.3 is 0 Å². The van der Waals surface area contributed by atoms with Gasteiger partial charge in [-0.25, -0.2) is 4.99 Å². The summed E-state index contributed by atoms with van der Waals surface area (Å²) in [5, 5.41) is 13.3. The number of carbonyl (C=O) groups excluding carboxylic acids is 1. The molecule has 114 valence electrons. The van der Waals surface area contributed by atoms with E-state index in [2.05, 4.69) is 22.5 Å². The highest BCUT2D eigenvalue weighted by Gasteiger charge is 2.16. The Hall–Kier alpha value is -2.69. The van der Waals surface area contributed by atoms with E-state index in [0.717, 1.165) is 24.0 Å². The lowest BCUT2D eigenvalue weighted by Gasteiger charge is -2.16. The first-order valence-corrected chi connectivity index (χ1v) is 7.19. The number of rotatable bonds is 4. The molecule has 0 unspecified atom stereocenters. The largest absolute Gasteiger partial charge is 0.343 e. The van der Waals surface area contributed by atoms with Crippen LogP contribution in [0.1, 0.15) is 26.3 Å². The van der Waals surface area contributed by atoms with Crippen molar-refractivity contribution in [3.8, 4) is 0 Å². The third-order valence-corrected chi connectivity index (χ3v) is 3.29. The van der Waals surface area contributed by atoms with Gasteiger partial charge in [0.15, 0.2) is 0 Å². The van der Waals surface area contributed by atoms with E-state index in [1.54, 1.807) is 0 Å². The van der Waals surface area contributed by atoms with Gasteiger partial charge in [0.05, 0.1) is 5.57 Å². The Balaban J connectivity index is 2.22. The zero-order valence-electron chi connectivity index (χ0n) is 13.0. The number of amides is 1. The number of allylic oxidation sites excluding steroid dienone is 2. The van der Waals surface area contributed by atoms with Gasteiger partial charge in [0.1, 0.15) is 5.82 Å². The van der Waals surface area contributed by atoms with Crippen LogP contribution in [0.15, 0.2) is 52.4 Å². The summed E-state index contributed by atoms with van der Waals surface area (Å²) in [6.45, 7) is 5.82. The molecule has 0 aromatic heterocycles. The standard InChI is InChI=1S/C17H20N4O/c1-4-13-5-7-14(8-6-13)21-17(22)15(10-18)16-19-11(2)9-12(3)20-16/h5-10,18-19H,4H2,1-3H3,(H,21,22)/b16-15-,18-10?. The normalized spacial score (nSPS) is 16.1. The van der Waals surface area contributed by atoms with Crippen molar-refractivity contribution in [2.24, 2.45) is 4.99 Å². The molecule has 0 saturated carbocycles. The maximum atomic E-state index is 12.4. The summed E-state index contributed by atoms with van der Waals surface area (Å²) in [5.41, 5.74) is 3.79. The van der Waals surface area contributed by atoms with E-state index in [4.69, 9.17) is 5.41 Å². The van der Waals surface area contributed by atoms with Crippen molar-refractivity contribution in [3.63, 3.8) is 0 Å². The Morgan fingerprint density at radius 1 is 1.32 bits per heavy atom. The van der Waals surface area contributed by atoms with Crippen molar-refractivity contribution in [2.45, 2.75) is 27.2 Å². The monoisotopic (exact) mass is 296 g/mol. The number of anilines is 1. The van der Waals surface area contributed by atoms with Crippen LogP contribution in [-0.2, 0) is 11.2 Å². The molecule has 5 nitrogen and oxygen atoms in total. The summed E-state index contributed by atoms with van der Waals surface area (Å²) in [6.07, 6.45) is 3.85. The molecule has 1 heterocycles. The highest BCUT2D eigenvalue weighted by molar-refractivity contribution is 6.18. The fourth-order valence-corrected chi connectivity index (χ4v) is 2.16. The van der Waals surface area contributed by atoms with Gasteiger partial charge in [0, 0.05) is 23.3 Å². The molecule has 2 rings (SSSR count). The molecular formula is C17H20N4O. The van der Waals surface area contributed by atoms with E-state index < -0.39 is 0 Å². The van der Waals surface area contributed by atoms with Crippen molar-refractivity contribution in [1.82, 2.24) is 5.32 Å². The molecule has 1 amide bonds. The van der Waals surface area contributed by atoms with Crippen LogP contribution >= 0.6 is 0 Å². The Kier molecular flexibility index (Phi) is 4.88. The molecule has 1 aromatic rings. The zero-order chi connectivity index (χ0) is 16.1. The topological polar surface area (TPSA) is 77.3 Å². The fourth-order valence-electron chi connectivity index (χ4n) is 2.16. The van der Waals surface area contributed by atoms with Gasteiger partial charge in [-0.1, -0.05) is 19.1 Å². The molecule has 0 radical (unpaired) electrons. The molecule has 1 aliphatic heterocycles. The summed E-state index contributed by atoms with van der Waals surface area (Å²) in [5.74, 6) is 0.0446. The molecule has 0 atom stereocenters. The van der Waals surface area contributed by atoms with Crippen LogP contribution in [0.25, 0.3) is 0 Å². The molecule has 22 heavy (non-hydrogen) atoms. The van der Waals surface area contributed by atoms with E-state index in [1.165, 1.54) is 5.56 Å². The molecule has 1 aromatic carbocycles. The van der Waals surface area contributed by atoms with E-state index >= 15 is 0 Å². The van der Waals surface area contributed by atoms with Gasteiger partial charge in [0.2, 0.25) is 0 Å². The predicted molar refractivity (Wildman–Crippen MR) is 90.3 cm³/mol. The lowest BCUT2D eigenvalue weighted by molar-refractivity contribution is -0.112. The van der Waals surface area contributed by atoms with Crippen LogP contribution < -0.4 is 10.6 Å². The highest BCUT2D eigenvalue weighted by Crippen LogP contribution is 2.14. The Morgan fingerprint density at radius 3 is 2.55 bits per heavy atom. The first kappa shape index (κ1) is 15.7. The fraction of sp³-hybridized carbons (Fsp3) is 0.235. The van der Waals surface area contributed by atoms with Gasteiger partial charge < -0.3 is 16.0 Å². The number of aryl methyl sites for hydroxylation is 1. The minimum atomic E-state index is -0.354. The molecule has 3 N–H and O–H groups in total. The van der Waals surface area contributed by atoms with Gasteiger partial charge in [-0.15, -0.1) is 0 Å². The minimum absolute atomic E-state index is 0.200. The van der Waals surface area contributed by atoms with Crippen LogP contribution in [0.4, 0.5) is 5.69 Å². The first-order chi connectivity index (χ1) is 10.5. The Bertz CT molecular complexity index is 681. The molecule has 0 fully saturated rings. The lowest BCUT2D eigenvalue weighted by Crippen LogP contribution is -2.24. The van der Waals surface area contributed by atoms with Crippen LogP contribution in [0.3, 0.4) is 0 Å². The third kappa shape index (κ3) is 3.69. The summed E-state index contributed by atoms with van der Waals surface area (Å²) in [6, 6.07) is 7.66. The predicted octanol–water partition coefficient (Wildman–Crippen LogP) is 3.02. The second kappa shape index (κ2) is 6.85. The van der Waals surface area contributed by atoms with Gasteiger partial charge in [-0.3, -0.25) is 4.79 Å². The number of nitrogens with one attached hydrogen (secondary N) is 3. The first-order valence-electron chi connectivity index (χ1n) is 7.19. The van der Waals surface area contributed by atoms with Crippen LogP contribution in [0.5, 0.6) is 0 Å². The molecule has 0 spiro atoms. The summed E-state index contributed by atoms with van der Waals surface area (Å²) in [4.78, 5) is 16.7. The number of aliphatic imine (C=N–C) groups is 1. The van der Waals surface area contributed by atoms with Crippen LogP contribution in [-0.4, -0.2) is 17.8 Å². The molecule has 1 aliphatic rings. The zero-order valence-corrected chi connectivity index (χ0v) is 13.0. The van der Waals surface area contributed by atoms with Crippen LogP contribution in [0, 0.1) is 5.41 Å². The maximum Gasteiger partial charge on any atom is 0.260 e. The van der Waals surface area contributed by atoms with Crippen molar-refractivity contribution < 1.29 is 4.79 Å². The lowest BCUT2D eigenvalue weighted by atomic mass is 10.1. The number of benzene rings is 1. The molecule has 5 heteroatoms.